The van der Waals surface area contributed by atoms with E-state index in [4.69, 9.17) is 14.7 Å². The summed E-state index contributed by atoms with van der Waals surface area (Å²) in [5.41, 5.74) is 0.571. The van der Waals surface area contributed by atoms with Gasteiger partial charge in [0.1, 0.15) is 19.0 Å². The standard InChI is InChI=1S/C14H14N2O4/c15-8-11-2-4-12(5-3-11)20-7-1-6-16-13(17)9-19-10-14(16)18/h2-5H,1,6-7,9-10H2. The quantitative estimate of drug-likeness (QED) is 0.583. The highest BCUT2D eigenvalue weighted by molar-refractivity contribution is 5.98. The molecule has 2 amide bonds. The summed E-state index contributed by atoms with van der Waals surface area (Å²) in [5.74, 6) is 0.0443. The first-order valence-corrected chi connectivity index (χ1v) is 6.24. The van der Waals surface area contributed by atoms with Crippen LogP contribution in [0.25, 0.3) is 0 Å². The van der Waals surface area contributed by atoms with Crippen molar-refractivity contribution in [1.82, 2.24) is 4.90 Å². The third kappa shape index (κ3) is 3.56. The van der Waals surface area contributed by atoms with E-state index in [1.807, 2.05) is 6.07 Å². The van der Waals surface area contributed by atoms with Gasteiger partial charge < -0.3 is 9.47 Å². The van der Waals surface area contributed by atoms with Crippen molar-refractivity contribution in [2.45, 2.75) is 6.42 Å². The lowest BCUT2D eigenvalue weighted by Gasteiger charge is -2.24. The van der Waals surface area contributed by atoms with E-state index in [1.165, 1.54) is 4.90 Å². The fourth-order valence-corrected chi connectivity index (χ4v) is 1.81. The van der Waals surface area contributed by atoms with Crippen LogP contribution < -0.4 is 4.74 Å². The average Bonchev–Trinajstić information content (AvgIpc) is 2.46. The number of nitrogens with zero attached hydrogens (tertiary/aromatic N) is 2. The highest BCUT2D eigenvalue weighted by atomic mass is 16.5. The number of rotatable bonds is 5. The molecule has 0 radical (unpaired) electrons. The SMILES string of the molecule is N#Cc1ccc(OCCCN2C(=O)COCC2=O)cc1. The van der Waals surface area contributed by atoms with Gasteiger partial charge in [-0.1, -0.05) is 0 Å². The van der Waals surface area contributed by atoms with E-state index in [-0.39, 0.29) is 25.0 Å². The van der Waals surface area contributed by atoms with Gasteiger partial charge in [0.05, 0.1) is 18.2 Å². The van der Waals surface area contributed by atoms with Gasteiger partial charge in [-0.2, -0.15) is 5.26 Å². The number of morpholine rings is 1. The summed E-state index contributed by atoms with van der Waals surface area (Å²) in [4.78, 5) is 24.1. The first-order chi connectivity index (χ1) is 9.70. The predicted octanol–water partition coefficient (Wildman–Crippen LogP) is 0.713. The molecule has 0 aliphatic carbocycles. The number of hydrogen-bond acceptors (Lipinski definition) is 5. The summed E-state index contributed by atoms with van der Waals surface area (Å²) in [6.07, 6.45) is 0.553. The molecule has 6 heteroatoms. The molecule has 104 valence electrons. The molecule has 0 saturated carbocycles. The van der Waals surface area contributed by atoms with Crippen molar-refractivity contribution >= 4 is 11.8 Å². The number of carbonyl (C=O) groups excluding carboxylic acids is 2. The van der Waals surface area contributed by atoms with Crippen LogP contribution in [0.3, 0.4) is 0 Å². The first-order valence-electron chi connectivity index (χ1n) is 6.24. The topological polar surface area (TPSA) is 79.6 Å². The van der Waals surface area contributed by atoms with E-state index in [1.54, 1.807) is 24.3 Å². The van der Waals surface area contributed by atoms with E-state index in [2.05, 4.69) is 0 Å². The summed E-state index contributed by atoms with van der Waals surface area (Å²) < 4.78 is 10.3. The Hall–Kier alpha value is -2.39. The molecule has 0 atom stereocenters. The number of carbonyl (C=O) groups is 2. The van der Waals surface area contributed by atoms with Crippen molar-refractivity contribution in [1.29, 1.82) is 5.26 Å². The Bertz CT molecular complexity index is 517. The highest BCUT2D eigenvalue weighted by Gasteiger charge is 2.25. The van der Waals surface area contributed by atoms with Crippen molar-refractivity contribution < 1.29 is 19.1 Å². The molecule has 1 aliphatic heterocycles. The lowest BCUT2D eigenvalue weighted by atomic mass is 10.2. The molecule has 1 aromatic rings. The zero-order valence-corrected chi connectivity index (χ0v) is 10.9. The molecule has 0 bridgehead atoms. The lowest BCUT2D eigenvalue weighted by molar-refractivity contribution is -0.158. The molecule has 0 spiro atoms. The highest BCUT2D eigenvalue weighted by Crippen LogP contribution is 2.12. The minimum Gasteiger partial charge on any atom is -0.494 e. The molecular weight excluding hydrogens is 260 g/mol. The molecule has 0 aromatic heterocycles. The summed E-state index contributed by atoms with van der Waals surface area (Å²) >= 11 is 0. The summed E-state index contributed by atoms with van der Waals surface area (Å²) in [6.45, 7) is 0.644. The number of nitriles is 1. The maximum absolute atomic E-state index is 11.4. The second-order valence-electron chi connectivity index (χ2n) is 4.27. The lowest BCUT2D eigenvalue weighted by Crippen LogP contribution is -2.46. The predicted molar refractivity (Wildman–Crippen MR) is 68.8 cm³/mol. The van der Waals surface area contributed by atoms with Crippen molar-refractivity contribution in [3.05, 3.63) is 29.8 Å². The van der Waals surface area contributed by atoms with Crippen LogP contribution in [0.15, 0.2) is 24.3 Å². The Morgan fingerprint density at radius 1 is 1.20 bits per heavy atom. The largest absolute Gasteiger partial charge is 0.494 e. The van der Waals surface area contributed by atoms with Crippen LogP contribution >= 0.6 is 0 Å². The maximum Gasteiger partial charge on any atom is 0.255 e. The minimum atomic E-state index is -0.306. The van der Waals surface area contributed by atoms with Crippen LogP contribution in [0.4, 0.5) is 0 Å². The Morgan fingerprint density at radius 2 is 1.85 bits per heavy atom. The van der Waals surface area contributed by atoms with E-state index >= 15 is 0 Å². The minimum absolute atomic E-state index is 0.0395. The van der Waals surface area contributed by atoms with Gasteiger partial charge in [0, 0.05) is 6.54 Å². The zero-order chi connectivity index (χ0) is 14.4. The van der Waals surface area contributed by atoms with Gasteiger partial charge in [0.15, 0.2) is 0 Å². The van der Waals surface area contributed by atoms with E-state index in [0.29, 0.717) is 30.9 Å². The molecule has 0 N–H and O–H groups in total. The van der Waals surface area contributed by atoms with Gasteiger partial charge in [-0.05, 0) is 30.7 Å². The van der Waals surface area contributed by atoms with E-state index < -0.39 is 0 Å². The molecule has 1 aromatic carbocycles. The molecular formula is C14H14N2O4. The molecule has 1 aliphatic rings. The van der Waals surface area contributed by atoms with Crippen molar-refractivity contribution in [3.8, 4) is 11.8 Å². The third-order valence-corrected chi connectivity index (χ3v) is 2.83. The fourth-order valence-electron chi connectivity index (χ4n) is 1.81. The molecule has 2 rings (SSSR count). The van der Waals surface area contributed by atoms with Crippen molar-refractivity contribution in [2.24, 2.45) is 0 Å². The number of hydrogen-bond donors (Lipinski definition) is 0. The van der Waals surface area contributed by atoms with Crippen LogP contribution in [0, 0.1) is 11.3 Å². The fraction of sp³-hybridized carbons (Fsp3) is 0.357. The monoisotopic (exact) mass is 274 g/mol. The molecule has 1 fully saturated rings. The number of amides is 2. The molecule has 1 heterocycles. The Labute approximate surface area is 116 Å². The summed E-state index contributed by atoms with van der Waals surface area (Å²) in [6, 6.07) is 8.79. The van der Waals surface area contributed by atoms with E-state index in [9.17, 15) is 9.59 Å². The van der Waals surface area contributed by atoms with Crippen LogP contribution in [-0.4, -0.2) is 43.1 Å². The second-order valence-corrected chi connectivity index (χ2v) is 4.27. The zero-order valence-electron chi connectivity index (χ0n) is 10.9. The van der Waals surface area contributed by atoms with Crippen molar-refractivity contribution in [3.63, 3.8) is 0 Å². The molecule has 0 unspecified atom stereocenters. The van der Waals surface area contributed by atoms with Gasteiger partial charge in [-0.15, -0.1) is 0 Å². The van der Waals surface area contributed by atoms with Gasteiger partial charge in [-0.3, -0.25) is 14.5 Å². The van der Waals surface area contributed by atoms with Gasteiger partial charge in [0.25, 0.3) is 11.8 Å². The average molecular weight is 274 g/mol. The van der Waals surface area contributed by atoms with Gasteiger partial charge in [0.2, 0.25) is 0 Å². The van der Waals surface area contributed by atoms with Gasteiger partial charge >= 0.3 is 0 Å². The van der Waals surface area contributed by atoms with Crippen LogP contribution in [0.5, 0.6) is 5.75 Å². The summed E-state index contributed by atoms with van der Waals surface area (Å²) in [5, 5.41) is 8.67. The Morgan fingerprint density at radius 3 is 2.45 bits per heavy atom. The summed E-state index contributed by atoms with van der Waals surface area (Å²) in [7, 11) is 0. The first kappa shape index (κ1) is 14.0. The van der Waals surface area contributed by atoms with E-state index in [0.717, 1.165) is 0 Å². The number of imide groups is 1. The Balaban J connectivity index is 1.74. The number of ether oxygens (including phenoxy) is 2. The second kappa shape index (κ2) is 6.68. The van der Waals surface area contributed by atoms with Crippen LogP contribution in [-0.2, 0) is 14.3 Å². The number of benzene rings is 1. The van der Waals surface area contributed by atoms with Gasteiger partial charge in [-0.25, -0.2) is 0 Å². The van der Waals surface area contributed by atoms with Crippen LogP contribution in [0.1, 0.15) is 12.0 Å². The molecule has 20 heavy (non-hydrogen) atoms. The normalized spacial score (nSPS) is 15.1. The van der Waals surface area contributed by atoms with Crippen LogP contribution in [0.2, 0.25) is 0 Å². The Kier molecular flexibility index (Phi) is 4.69. The molecule has 6 nitrogen and oxygen atoms in total. The maximum atomic E-state index is 11.4. The van der Waals surface area contributed by atoms with Crippen molar-refractivity contribution in [2.75, 3.05) is 26.4 Å². The third-order valence-electron chi connectivity index (χ3n) is 2.83. The molecule has 1 saturated heterocycles. The smallest absolute Gasteiger partial charge is 0.255 e.